The molecule has 7 nitrogen and oxygen atoms in total. The number of rotatable bonds is 11. The minimum atomic E-state index is 0. The number of nitrogens with zero attached hydrogens (tertiary/aromatic N) is 3. The molecular weight excluding hydrogens is 517 g/mol. The van der Waals surface area contributed by atoms with Gasteiger partial charge in [-0.25, -0.2) is 0 Å². The molecule has 3 rings (SSSR count). The van der Waals surface area contributed by atoms with Crippen LogP contribution in [0.5, 0.6) is 0 Å². The molecule has 2 aliphatic heterocycles. The van der Waals surface area contributed by atoms with E-state index in [0.29, 0.717) is 12.0 Å². The maximum absolute atomic E-state index is 5.79. The van der Waals surface area contributed by atoms with Gasteiger partial charge in [-0.2, -0.15) is 0 Å². The van der Waals surface area contributed by atoms with Crippen LogP contribution in [0.1, 0.15) is 26.7 Å². The van der Waals surface area contributed by atoms with Gasteiger partial charge >= 0.3 is 0 Å². The van der Waals surface area contributed by atoms with Gasteiger partial charge in [0.1, 0.15) is 0 Å². The number of anilines is 1. The highest BCUT2D eigenvalue weighted by molar-refractivity contribution is 14.0. The van der Waals surface area contributed by atoms with E-state index in [4.69, 9.17) is 14.5 Å². The summed E-state index contributed by atoms with van der Waals surface area (Å²) >= 11 is 0. The SMILES string of the molecule is CCNC(=NCC(C)N1CCN(c2ccccc2)CC1)NCCCOCC1CCOC1.I. The second kappa shape index (κ2) is 15.7. The highest BCUT2D eigenvalue weighted by Crippen LogP contribution is 2.16. The number of guanidine groups is 1. The zero-order valence-electron chi connectivity index (χ0n) is 19.8. The van der Waals surface area contributed by atoms with E-state index in [0.717, 1.165) is 91.0 Å². The highest BCUT2D eigenvalue weighted by Gasteiger charge is 2.21. The summed E-state index contributed by atoms with van der Waals surface area (Å²) in [6, 6.07) is 11.1. The summed E-state index contributed by atoms with van der Waals surface area (Å²) in [4.78, 5) is 9.85. The number of hydrogen-bond donors (Lipinski definition) is 2. The number of halogens is 1. The quantitative estimate of drug-likeness (QED) is 0.188. The van der Waals surface area contributed by atoms with Crippen LogP contribution in [0.15, 0.2) is 35.3 Å². The topological polar surface area (TPSA) is 61.4 Å². The second-order valence-electron chi connectivity index (χ2n) is 8.51. The average molecular weight is 560 g/mol. The Hall–Kier alpha value is -1.10. The van der Waals surface area contributed by atoms with Crippen LogP contribution in [0.2, 0.25) is 0 Å². The van der Waals surface area contributed by atoms with Crippen LogP contribution < -0.4 is 15.5 Å². The predicted molar refractivity (Wildman–Crippen MR) is 143 cm³/mol. The third-order valence-corrected chi connectivity index (χ3v) is 6.05. The van der Waals surface area contributed by atoms with Crippen LogP contribution in [0.4, 0.5) is 5.69 Å². The largest absolute Gasteiger partial charge is 0.381 e. The lowest BCUT2D eigenvalue weighted by atomic mass is 10.1. The minimum Gasteiger partial charge on any atom is -0.381 e. The molecule has 0 aliphatic carbocycles. The van der Waals surface area contributed by atoms with Crippen LogP contribution in [-0.4, -0.2) is 89.1 Å². The Bertz CT molecular complexity index is 635. The van der Waals surface area contributed by atoms with Gasteiger partial charge in [0.25, 0.3) is 0 Å². The first-order chi connectivity index (χ1) is 15.3. The molecule has 1 aromatic carbocycles. The van der Waals surface area contributed by atoms with Crippen LogP contribution in [-0.2, 0) is 9.47 Å². The molecule has 2 heterocycles. The van der Waals surface area contributed by atoms with Crippen molar-refractivity contribution in [1.82, 2.24) is 15.5 Å². The molecule has 0 saturated carbocycles. The fraction of sp³-hybridized carbons (Fsp3) is 0.708. The second-order valence-corrected chi connectivity index (χ2v) is 8.51. The summed E-state index contributed by atoms with van der Waals surface area (Å²) in [6.45, 7) is 14.6. The maximum atomic E-state index is 5.79. The molecule has 182 valence electrons. The molecule has 0 bridgehead atoms. The zero-order chi connectivity index (χ0) is 21.7. The van der Waals surface area contributed by atoms with Gasteiger partial charge in [-0.3, -0.25) is 9.89 Å². The maximum Gasteiger partial charge on any atom is 0.191 e. The van der Waals surface area contributed by atoms with Crippen molar-refractivity contribution >= 4 is 35.6 Å². The Morgan fingerprint density at radius 3 is 2.66 bits per heavy atom. The summed E-state index contributed by atoms with van der Waals surface area (Å²) in [5.41, 5.74) is 1.33. The number of para-hydroxylation sites is 1. The zero-order valence-corrected chi connectivity index (χ0v) is 22.1. The monoisotopic (exact) mass is 559 g/mol. The van der Waals surface area contributed by atoms with Gasteiger partial charge in [0, 0.05) is 70.1 Å². The molecule has 2 N–H and O–H groups in total. The van der Waals surface area contributed by atoms with Crippen LogP contribution >= 0.6 is 24.0 Å². The number of ether oxygens (including phenoxy) is 2. The van der Waals surface area contributed by atoms with Crippen molar-refractivity contribution in [2.45, 2.75) is 32.7 Å². The Morgan fingerprint density at radius 2 is 1.97 bits per heavy atom. The van der Waals surface area contributed by atoms with Crippen molar-refractivity contribution in [2.75, 3.05) is 77.1 Å². The third kappa shape index (κ3) is 9.41. The smallest absolute Gasteiger partial charge is 0.191 e. The molecule has 2 saturated heterocycles. The van der Waals surface area contributed by atoms with Gasteiger partial charge in [0.15, 0.2) is 5.96 Å². The average Bonchev–Trinajstić information content (AvgIpc) is 3.33. The van der Waals surface area contributed by atoms with E-state index in [1.165, 1.54) is 5.69 Å². The minimum absolute atomic E-state index is 0. The number of nitrogens with one attached hydrogen (secondary N) is 2. The number of piperazine rings is 1. The van der Waals surface area contributed by atoms with Crippen molar-refractivity contribution in [3.05, 3.63) is 30.3 Å². The van der Waals surface area contributed by atoms with E-state index < -0.39 is 0 Å². The van der Waals surface area contributed by atoms with Gasteiger partial charge in [-0.05, 0) is 38.8 Å². The van der Waals surface area contributed by atoms with E-state index >= 15 is 0 Å². The first kappa shape index (κ1) is 27.1. The molecular formula is C24H42IN5O2. The molecule has 1 aromatic rings. The Kier molecular flexibility index (Phi) is 13.3. The Balaban J connectivity index is 0.00000363. The molecule has 32 heavy (non-hydrogen) atoms. The van der Waals surface area contributed by atoms with Crippen molar-refractivity contribution in [3.63, 3.8) is 0 Å². The Morgan fingerprint density at radius 1 is 1.19 bits per heavy atom. The van der Waals surface area contributed by atoms with E-state index in [1.807, 2.05) is 0 Å². The number of hydrogen-bond acceptors (Lipinski definition) is 5. The van der Waals surface area contributed by atoms with Crippen LogP contribution in [0, 0.1) is 5.92 Å². The summed E-state index contributed by atoms with van der Waals surface area (Å²) in [5.74, 6) is 1.49. The molecule has 2 fully saturated rings. The van der Waals surface area contributed by atoms with Gasteiger partial charge in [-0.15, -0.1) is 24.0 Å². The standard InChI is InChI=1S/C24H41N5O2.HI/c1-3-25-24(26-11-7-16-30-19-22-10-17-31-20-22)27-18-21(2)28-12-14-29(15-13-28)23-8-5-4-6-9-23;/h4-6,8-9,21-22H,3,7,10-20H2,1-2H3,(H2,25,26,27);1H. The van der Waals surface area contributed by atoms with Crippen molar-refractivity contribution in [3.8, 4) is 0 Å². The van der Waals surface area contributed by atoms with E-state index in [2.05, 4.69) is 64.6 Å². The normalized spacial score (nSPS) is 20.6. The van der Waals surface area contributed by atoms with Crippen LogP contribution in [0.3, 0.4) is 0 Å². The van der Waals surface area contributed by atoms with Crippen molar-refractivity contribution in [1.29, 1.82) is 0 Å². The fourth-order valence-electron chi connectivity index (χ4n) is 4.09. The lowest BCUT2D eigenvalue weighted by Gasteiger charge is -2.38. The van der Waals surface area contributed by atoms with E-state index in [9.17, 15) is 0 Å². The molecule has 2 atom stereocenters. The molecule has 8 heteroatoms. The molecule has 2 aliphatic rings. The van der Waals surface area contributed by atoms with E-state index in [-0.39, 0.29) is 24.0 Å². The van der Waals surface area contributed by atoms with Gasteiger partial charge < -0.3 is 25.0 Å². The molecule has 0 amide bonds. The Labute approximate surface area is 211 Å². The summed E-state index contributed by atoms with van der Waals surface area (Å²) < 4.78 is 11.2. The number of aliphatic imine (C=N–C) groups is 1. The molecule has 2 unspecified atom stereocenters. The van der Waals surface area contributed by atoms with Gasteiger partial charge in [0.05, 0.1) is 19.8 Å². The number of benzene rings is 1. The van der Waals surface area contributed by atoms with E-state index in [1.54, 1.807) is 0 Å². The van der Waals surface area contributed by atoms with Crippen molar-refractivity contribution < 1.29 is 9.47 Å². The first-order valence-corrected chi connectivity index (χ1v) is 12.0. The first-order valence-electron chi connectivity index (χ1n) is 12.0. The third-order valence-electron chi connectivity index (χ3n) is 6.05. The molecule has 0 spiro atoms. The summed E-state index contributed by atoms with van der Waals surface area (Å²) in [5, 5.41) is 6.80. The van der Waals surface area contributed by atoms with Gasteiger partial charge in [-0.1, -0.05) is 18.2 Å². The summed E-state index contributed by atoms with van der Waals surface area (Å²) in [7, 11) is 0. The lowest BCUT2D eigenvalue weighted by Crippen LogP contribution is -2.50. The summed E-state index contributed by atoms with van der Waals surface area (Å²) in [6.07, 6.45) is 2.12. The predicted octanol–water partition coefficient (Wildman–Crippen LogP) is 2.81. The highest BCUT2D eigenvalue weighted by atomic mass is 127. The molecule has 0 radical (unpaired) electrons. The van der Waals surface area contributed by atoms with Crippen LogP contribution in [0.25, 0.3) is 0 Å². The van der Waals surface area contributed by atoms with Crippen molar-refractivity contribution in [2.24, 2.45) is 10.9 Å². The molecule has 0 aromatic heterocycles. The lowest BCUT2D eigenvalue weighted by molar-refractivity contribution is 0.0888. The van der Waals surface area contributed by atoms with Gasteiger partial charge in [0.2, 0.25) is 0 Å². The fourth-order valence-corrected chi connectivity index (χ4v) is 4.09.